The number of benzene rings is 1. The quantitative estimate of drug-likeness (QED) is 0.887. The van der Waals surface area contributed by atoms with E-state index in [1.807, 2.05) is 45.0 Å². The molecule has 1 amide bonds. The van der Waals surface area contributed by atoms with Gasteiger partial charge >= 0.3 is 6.20 Å². The zero-order valence-corrected chi connectivity index (χ0v) is 14.4. The number of hydrogen-bond donors (Lipinski definition) is 2. The van der Waals surface area contributed by atoms with Crippen molar-refractivity contribution < 1.29 is 9.53 Å². The Bertz CT molecular complexity index is 727. The molecule has 0 radical (unpaired) electrons. The third kappa shape index (κ3) is 4.03. The Morgan fingerprint density at radius 1 is 1.50 bits per heavy atom. The summed E-state index contributed by atoms with van der Waals surface area (Å²) in [5, 5.41) is 2.85. The topological polar surface area (TPSA) is 68.7 Å². The van der Waals surface area contributed by atoms with Gasteiger partial charge in [0.25, 0.3) is 6.57 Å². The van der Waals surface area contributed by atoms with Crippen LogP contribution in [0.5, 0.6) is 5.75 Å². The van der Waals surface area contributed by atoms with Crippen LogP contribution in [0.4, 0.5) is 5.69 Å². The molecule has 1 aromatic carbocycles. The van der Waals surface area contributed by atoms with Crippen molar-refractivity contribution >= 4 is 17.2 Å². The maximum Gasteiger partial charge on any atom is 0.312 e. The van der Waals surface area contributed by atoms with Gasteiger partial charge in [0.1, 0.15) is 12.4 Å². The highest BCUT2D eigenvalue weighted by molar-refractivity contribution is 5.95. The van der Waals surface area contributed by atoms with Gasteiger partial charge in [-0.05, 0) is 41.8 Å². The van der Waals surface area contributed by atoms with E-state index in [4.69, 9.17) is 17.0 Å². The zero-order chi connectivity index (χ0) is 17.7. The van der Waals surface area contributed by atoms with Crippen molar-refractivity contribution in [1.29, 1.82) is 0 Å². The third-order valence-corrected chi connectivity index (χ3v) is 3.85. The van der Waals surface area contributed by atoms with Crippen LogP contribution in [0.1, 0.15) is 32.8 Å². The number of rotatable bonds is 4. The minimum atomic E-state index is -0.520. The number of amides is 1. The second-order valence-electron chi connectivity index (χ2n) is 6.23. The molecule has 0 saturated heterocycles. The monoisotopic (exact) mass is 326 g/mol. The van der Waals surface area contributed by atoms with Crippen LogP contribution in [-0.4, -0.2) is 18.6 Å². The molecule has 1 aromatic rings. The summed E-state index contributed by atoms with van der Waals surface area (Å²) in [5.41, 5.74) is 9.48. The first-order valence-electron chi connectivity index (χ1n) is 8.05. The Kier molecular flexibility index (Phi) is 5.78. The van der Waals surface area contributed by atoms with Gasteiger partial charge in [0.05, 0.1) is 11.6 Å². The van der Waals surface area contributed by atoms with Crippen LogP contribution in [-0.2, 0) is 4.79 Å². The number of carbonyl (C=O) groups is 1. The van der Waals surface area contributed by atoms with Crippen molar-refractivity contribution in [2.45, 2.75) is 33.2 Å². The van der Waals surface area contributed by atoms with E-state index >= 15 is 0 Å². The van der Waals surface area contributed by atoms with Crippen molar-refractivity contribution in [3.05, 3.63) is 46.5 Å². The van der Waals surface area contributed by atoms with E-state index in [0.717, 1.165) is 16.7 Å². The van der Waals surface area contributed by atoms with E-state index in [1.165, 1.54) is 0 Å². The predicted octanol–water partition coefficient (Wildman–Crippen LogP) is 3.64. The van der Waals surface area contributed by atoms with Crippen LogP contribution in [0.3, 0.4) is 0 Å². The van der Waals surface area contributed by atoms with Gasteiger partial charge < -0.3 is 15.8 Å². The fourth-order valence-corrected chi connectivity index (χ4v) is 2.74. The van der Waals surface area contributed by atoms with Crippen LogP contribution < -0.4 is 15.8 Å². The van der Waals surface area contributed by atoms with Gasteiger partial charge in [-0.1, -0.05) is 19.9 Å². The van der Waals surface area contributed by atoms with Crippen molar-refractivity contribution in [3.8, 4) is 12.3 Å². The number of allylic oxidation sites excluding steroid dienone is 1. The van der Waals surface area contributed by atoms with Gasteiger partial charge in [-0.25, -0.2) is 0 Å². The minimum Gasteiger partial charge on any atom is -0.488 e. The lowest BCUT2D eigenvalue weighted by molar-refractivity contribution is -0.117. The second-order valence-corrected chi connectivity index (χ2v) is 6.23. The molecule has 5 nitrogen and oxygen atoms in total. The Balaban J connectivity index is 2.20. The molecule has 0 bridgehead atoms. The first kappa shape index (κ1) is 17.8. The van der Waals surface area contributed by atoms with E-state index in [0.29, 0.717) is 30.4 Å². The molecule has 5 heteroatoms. The van der Waals surface area contributed by atoms with Gasteiger partial charge in [0.15, 0.2) is 0 Å². The average molecular weight is 326 g/mol. The number of fused-ring (bicyclic) bond motifs is 1. The molecule has 3 N–H and O–H groups in total. The van der Waals surface area contributed by atoms with E-state index in [2.05, 4.69) is 10.2 Å². The molecule has 1 atom stereocenters. The average Bonchev–Trinajstić information content (AvgIpc) is 2.54. The molecule has 1 aliphatic heterocycles. The minimum absolute atomic E-state index is 0.187. The molecule has 24 heavy (non-hydrogen) atoms. The molecule has 0 fully saturated rings. The summed E-state index contributed by atoms with van der Waals surface area (Å²) in [6, 6.07) is 5.05. The summed E-state index contributed by atoms with van der Waals surface area (Å²) < 4.78 is 5.76. The summed E-state index contributed by atoms with van der Waals surface area (Å²) in [5.74, 6) is 0.897. The number of ether oxygens (including phenoxy) is 1. The number of nitrogens with one attached hydrogen (secondary N) is 1. The predicted molar refractivity (Wildman–Crippen MR) is 98.0 cm³/mol. The second kappa shape index (κ2) is 7.80. The number of anilines is 1. The summed E-state index contributed by atoms with van der Waals surface area (Å²) in [7, 11) is 0. The summed E-state index contributed by atoms with van der Waals surface area (Å²) in [6.07, 6.45) is 4.24. The van der Waals surface area contributed by atoms with Crippen LogP contribution in [0.15, 0.2) is 36.0 Å². The molecule has 0 aromatic heterocycles. The molecule has 0 spiro atoms. The highest BCUT2D eigenvalue weighted by Gasteiger charge is 2.22. The molecule has 1 aliphatic rings. The van der Waals surface area contributed by atoms with Crippen molar-refractivity contribution in [2.75, 3.05) is 11.9 Å². The van der Waals surface area contributed by atoms with E-state index < -0.39 is 6.04 Å². The highest BCUT2D eigenvalue weighted by atomic mass is 16.5. The Morgan fingerprint density at radius 3 is 2.88 bits per heavy atom. The molecule has 1 heterocycles. The van der Waals surface area contributed by atoms with Crippen LogP contribution in [0.2, 0.25) is 0 Å². The van der Waals surface area contributed by atoms with Gasteiger partial charge in [-0.15, -0.1) is 0 Å². The highest BCUT2D eigenvalue weighted by Crippen LogP contribution is 2.37. The van der Waals surface area contributed by atoms with E-state index in [-0.39, 0.29) is 5.91 Å². The fourth-order valence-electron chi connectivity index (χ4n) is 2.74. The van der Waals surface area contributed by atoms with Gasteiger partial charge in [-0.3, -0.25) is 4.79 Å². The molecular formula is C19H24N3O2+. The Morgan fingerprint density at radius 2 is 2.25 bits per heavy atom. The summed E-state index contributed by atoms with van der Waals surface area (Å²) in [6.45, 7) is 11.7. The lowest BCUT2D eigenvalue weighted by atomic mass is 9.95. The van der Waals surface area contributed by atoms with Gasteiger partial charge in [0, 0.05) is 17.3 Å². The van der Waals surface area contributed by atoms with Crippen molar-refractivity contribution in [3.63, 3.8) is 0 Å². The first-order valence-corrected chi connectivity index (χ1v) is 8.05. The SMILES string of the molecule is C#[N+]C=C1COc2cc(NC(=O)C(N)CC(C)C)ccc2C1=CC. The molecule has 0 aliphatic carbocycles. The fraction of sp³-hybridized carbons (Fsp3) is 0.368. The maximum atomic E-state index is 12.2. The van der Waals surface area contributed by atoms with Crippen molar-refractivity contribution in [1.82, 2.24) is 0 Å². The van der Waals surface area contributed by atoms with Crippen LogP contribution in [0, 0.1) is 12.5 Å². The number of nitrogens with zero attached hydrogens (tertiary/aromatic N) is 1. The van der Waals surface area contributed by atoms with Crippen molar-refractivity contribution in [2.24, 2.45) is 11.7 Å². The number of carbonyl (C=O) groups excluding carboxylic acids is 1. The van der Waals surface area contributed by atoms with Gasteiger partial charge in [-0.2, -0.15) is 0 Å². The third-order valence-electron chi connectivity index (χ3n) is 3.85. The number of nitrogens with two attached hydrogens (primary N) is 1. The summed E-state index contributed by atoms with van der Waals surface area (Å²) >= 11 is 0. The zero-order valence-electron chi connectivity index (χ0n) is 14.4. The maximum absolute atomic E-state index is 12.2. The largest absolute Gasteiger partial charge is 0.488 e. The summed E-state index contributed by atoms with van der Waals surface area (Å²) in [4.78, 5) is 15.7. The molecule has 1 unspecified atom stereocenters. The van der Waals surface area contributed by atoms with E-state index in [9.17, 15) is 4.79 Å². The molecular weight excluding hydrogens is 302 g/mol. The molecule has 0 saturated carbocycles. The Labute approximate surface area is 143 Å². The first-order chi connectivity index (χ1) is 11.5. The van der Waals surface area contributed by atoms with Crippen LogP contribution >= 0.6 is 0 Å². The standard InChI is InChI=1S/C19H23N3O2/c1-5-15-13(10-21-4)11-24-18-9-14(6-7-16(15)18)22-19(23)17(20)8-12(2)3/h4-7,9-10,12,17H,8,11,20H2,1-3H3/p+1. The smallest absolute Gasteiger partial charge is 0.312 e. The normalized spacial score (nSPS) is 18.0. The molecule has 2 rings (SSSR count). The lowest BCUT2D eigenvalue weighted by Crippen LogP contribution is -2.36. The lowest BCUT2D eigenvalue weighted by Gasteiger charge is -2.22. The Hall–Kier alpha value is -2.58. The van der Waals surface area contributed by atoms with E-state index in [1.54, 1.807) is 6.20 Å². The molecule has 126 valence electrons. The van der Waals surface area contributed by atoms with Gasteiger partial charge in [0.2, 0.25) is 5.91 Å². The number of hydrogen-bond acceptors (Lipinski definition) is 3. The van der Waals surface area contributed by atoms with Crippen LogP contribution in [0.25, 0.3) is 10.4 Å².